The highest BCUT2D eigenvalue weighted by molar-refractivity contribution is 6.10. The minimum atomic E-state index is -0.0802. The molecule has 9 rings (SSSR count). The molecule has 0 saturated carbocycles. The van der Waals surface area contributed by atoms with E-state index in [1.807, 2.05) is 0 Å². The number of para-hydroxylation sites is 2. The van der Waals surface area contributed by atoms with Crippen LogP contribution in [0, 0.1) is 5.92 Å². The molecule has 2 aliphatic carbocycles. The van der Waals surface area contributed by atoms with Gasteiger partial charge in [-0.05, 0) is 88.3 Å². The molecule has 7 aromatic rings. The molecule has 2 atom stereocenters. The molecule has 2 nitrogen and oxygen atoms in total. The normalized spacial score (nSPS) is 17.7. The van der Waals surface area contributed by atoms with Gasteiger partial charge in [-0.3, -0.25) is 0 Å². The van der Waals surface area contributed by atoms with Crippen molar-refractivity contribution in [2.45, 2.75) is 32.1 Å². The van der Waals surface area contributed by atoms with Gasteiger partial charge in [-0.2, -0.15) is 0 Å². The summed E-state index contributed by atoms with van der Waals surface area (Å²) in [5, 5.41) is 2.51. The lowest BCUT2D eigenvalue weighted by atomic mass is 9.82. The Balaban J connectivity index is 1.23. The van der Waals surface area contributed by atoms with Gasteiger partial charge in [0.25, 0.3) is 0 Å². The van der Waals surface area contributed by atoms with Gasteiger partial charge >= 0.3 is 0 Å². The number of benzene rings is 6. The molecule has 0 bridgehead atoms. The van der Waals surface area contributed by atoms with E-state index in [-0.39, 0.29) is 5.41 Å². The van der Waals surface area contributed by atoms with E-state index in [4.69, 9.17) is 0 Å². The summed E-state index contributed by atoms with van der Waals surface area (Å²) in [5.41, 5.74) is 13.9. The number of hydrogen-bond acceptors (Lipinski definition) is 1. The van der Waals surface area contributed by atoms with Gasteiger partial charge in [0.15, 0.2) is 0 Å². The van der Waals surface area contributed by atoms with Gasteiger partial charge < -0.3 is 9.47 Å². The largest absolute Gasteiger partial charge is 0.311 e. The summed E-state index contributed by atoms with van der Waals surface area (Å²) in [5.74, 6) is 0.685. The Bertz CT molecular complexity index is 2390. The maximum Gasteiger partial charge on any atom is 0.0542 e. The number of hydrogen-bond donors (Lipinski definition) is 0. The van der Waals surface area contributed by atoms with Crippen LogP contribution in [0.25, 0.3) is 38.6 Å². The van der Waals surface area contributed by atoms with Gasteiger partial charge in [0.2, 0.25) is 0 Å². The van der Waals surface area contributed by atoms with Crippen LogP contribution in [0.3, 0.4) is 0 Å². The van der Waals surface area contributed by atoms with Crippen LogP contribution >= 0.6 is 0 Å². The van der Waals surface area contributed by atoms with E-state index >= 15 is 0 Å². The van der Waals surface area contributed by atoms with Crippen LogP contribution in [0.15, 0.2) is 170 Å². The summed E-state index contributed by atoms with van der Waals surface area (Å²) >= 11 is 0. The van der Waals surface area contributed by atoms with E-state index in [0.29, 0.717) is 11.8 Å². The molecule has 1 heterocycles. The Kier molecular flexibility index (Phi) is 6.55. The highest BCUT2D eigenvalue weighted by Gasteiger charge is 2.36. The minimum absolute atomic E-state index is 0.0802. The van der Waals surface area contributed by atoms with Crippen LogP contribution in [-0.4, -0.2) is 4.57 Å². The molecule has 0 fully saturated rings. The van der Waals surface area contributed by atoms with Crippen LogP contribution < -0.4 is 4.90 Å². The molecule has 2 aliphatic rings. The van der Waals surface area contributed by atoms with Gasteiger partial charge in [0, 0.05) is 44.9 Å². The molecule has 0 spiro atoms. The van der Waals surface area contributed by atoms with Gasteiger partial charge in [0.05, 0.1) is 11.0 Å². The summed E-state index contributed by atoms with van der Waals surface area (Å²) in [6.07, 6.45) is 7.19. The fourth-order valence-corrected chi connectivity index (χ4v) is 8.28. The third-order valence-electron chi connectivity index (χ3n) is 10.7. The Morgan fingerprint density at radius 2 is 1.23 bits per heavy atom. The zero-order valence-electron chi connectivity index (χ0n) is 27.6. The Morgan fingerprint density at radius 3 is 2.04 bits per heavy atom. The summed E-state index contributed by atoms with van der Waals surface area (Å²) in [6, 6.07) is 53.4. The third kappa shape index (κ3) is 4.40. The second-order valence-electron chi connectivity index (χ2n) is 13.9. The number of aromatic nitrogens is 1. The van der Waals surface area contributed by atoms with E-state index in [9.17, 15) is 0 Å². The van der Waals surface area contributed by atoms with Crippen LogP contribution in [0.4, 0.5) is 11.4 Å². The molecule has 0 saturated heterocycles. The molecule has 232 valence electrons. The number of fused-ring (bicyclic) bond motifs is 6. The topological polar surface area (TPSA) is 8.17 Å². The van der Waals surface area contributed by atoms with Crippen molar-refractivity contribution in [2.24, 2.45) is 5.92 Å². The van der Waals surface area contributed by atoms with Crippen LogP contribution in [-0.2, 0) is 5.41 Å². The quantitative estimate of drug-likeness (QED) is 0.186. The zero-order chi connectivity index (χ0) is 32.4. The van der Waals surface area contributed by atoms with Crippen molar-refractivity contribution in [3.63, 3.8) is 0 Å². The Hall–Kier alpha value is -5.60. The lowest BCUT2D eigenvalue weighted by Crippen LogP contribution is -2.21. The molecule has 0 amide bonds. The molecule has 48 heavy (non-hydrogen) atoms. The number of nitrogens with zero attached hydrogens (tertiary/aromatic N) is 2. The molecule has 0 radical (unpaired) electrons. The van der Waals surface area contributed by atoms with E-state index in [0.717, 1.165) is 5.69 Å². The van der Waals surface area contributed by atoms with E-state index in [1.54, 1.807) is 0 Å². The van der Waals surface area contributed by atoms with Gasteiger partial charge in [-0.1, -0.05) is 130 Å². The molecule has 2 heteroatoms. The lowest BCUT2D eigenvalue weighted by molar-refractivity contribution is 0.628. The van der Waals surface area contributed by atoms with Gasteiger partial charge in [-0.15, -0.1) is 0 Å². The second kappa shape index (κ2) is 11.0. The second-order valence-corrected chi connectivity index (χ2v) is 13.9. The maximum atomic E-state index is 2.47. The van der Waals surface area contributed by atoms with Gasteiger partial charge in [-0.25, -0.2) is 0 Å². The molecular formula is C46H38N2. The van der Waals surface area contributed by atoms with Crippen LogP contribution in [0.1, 0.15) is 43.4 Å². The Morgan fingerprint density at radius 1 is 0.583 bits per heavy atom. The predicted octanol–water partition coefficient (Wildman–Crippen LogP) is 12.1. The summed E-state index contributed by atoms with van der Waals surface area (Å²) in [4.78, 5) is 2.47. The first-order valence-electron chi connectivity index (χ1n) is 17.1. The minimum Gasteiger partial charge on any atom is -0.311 e. The summed E-state index contributed by atoms with van der Waals surface area (Å²) in [6.45, 7) is 7.07. The molecule has 0 N–H and O–H groups in total. The van der Waals surface area contributed by atoms with Crippen LogP contribution in [0.5, 0.6) is 0 Å². The summed E-state index contributed by atoms with van der Waals surface area (Å²) in [7, 11) is 0. The molecular weight excluding hydrogens is 581 g/mol. The smallest absolute Gasteiger partial charge is 0.0542 e. The predicted molar refractivity (Wildman–Crippen MR) is 202 cm³/mol. The van der Waals surface area contributed by atoms with E-state index in [1.165, 1.54) is 66.7 Å². The van der Waals surface area contributed by atoms with Crippen molar-refractivity contribution in [1.29, 1.82) is 0 Å². The number of allylic oxidation sites excluding steroid dienone is 3. The van der Waals surface area contributed by atoms with Crippen molar-refractivity contribution in [2.75, 3.05) is 4.90 Å². The molecule has 2 unspecified atom stereocenters. The lowest BCUT2D eigenvalue weighted by Gasteiger charge is -2.32. The first-order valence-corrected chi connectivity index (χ1v) is 17.1. The number of rotatable bonds is 5. The van der Waals surface area contributed by atoms with E-state index < -0.39 is 0 Å². The van der Waals surface area contributed by atoms with Crippen molar-refractivity contribution in [3.8, 4) is 16.8 Å². The Labute approximate surface area is 282 Å². The monoisotopic (exact) mass is 618 g/mol. The van der Waals surface area contributed by atoms with Crippen LogP contribution in [0.2, 0.25) is 0 Å². The molecule has 6 aromatic carbocycles. The highest BCUT2D eigenvalue weighted by atomic mass is 15.1. The summed E-state index contributed by atoms with van der Waals surface area (Å²) < 4.78 is 2.39. The fourth-order valence-electron chi connectivity index (χ4n) is 8.28. The highest BCUT2D eigenvalue weighted by Crippen LogP contribution is 2.50. The fraction of sp³-hybridized carbons (Fsp3) is 0.130. The number of anilines is 2. The molecule has 1 aromatic heterocycles. The first kappa shape index (κ1) is 28.6. The third-order valence-corrected chi connectivity index (χ3v) is 10.7. The average Bonchev–Trinajstić information content (AvgIpc) is 3.57. The standard InChI is InChI=1S/C46H38N2/c1-31-28-34(22-25-37(31)32-14-6-4-7-15-32)47(36-23-26-39-38-18-10-12-20-42(38)46(2,3)43(39)30-36)35-24-27-45-41(29-35)40-19-11-13-21-44(40)48(45)33-16-8-5-9-17-33/h4-31,37H,1-3H3. The average molecular weight is 619 g/mol. The van der Waals surface area contributed by atoms with E-state index in [2.05, 4.69) is 194 Å². The molecule has 0 aliphatic heterocycles. The van der Waals surface area contributed by atoms with Crippen molar-refractivity contribution < 1.29 is 0 Å². The van der Waals surface area contributed by atoms with Crippen molar-refractivity contribution >= 4 is 33.2 Å². The van der Waals surface area contributed by atoms with Gasteiger partial charge in [0.1, 0.15) is 0 Å². The van der Waals surface area contributed by atoms with Crippen molar-refractivity contribution in [1.82, 2.24) is 4.57 Å². The SMILES string of the molecule is CC1C=C(N(c2ccc3c(c2)C(C)(C)c2ccccc2-3)c2ccc3c(c2)c2ccccc2n3-c2ccccc2)C=CC1c1ccccc1. The van der Waals surface area contributed by atoms with Crippen molar-refractivity contribution in [3.05, 3.63) is 186 Å². The first-order chi connectivity index (χ1) is 23.5. The zero-order valence-corrected chi connectivity index (χ0v) is 27.6. The maximum absolute atomic E-state index is 2.47.